The molecule has 0 fully saturated rings. The van der Waals surface area contributed by atoms with Gasteiger partial charge in [-0.25, -0.2) is 0 Å². The maximum absolute atomic E-state index is 12.5. The first kappa shape index (κ1) is 14.4. The lowest BCUT2D eigenvalue weighted by Gasteiger charge is -2.23. The van der Waals surface area contributed by atoms with E-state index in [1.54, 1.807) is 48.5 Å². The van der Waals surface area contributed by atoms with Gasteiger partial charge in [-0.15, -0.1) is 0 Å². The van der Waals surface area contributed by atoms with Crippen LogP contribution in [-0.2, 0) is 0 Å². The van der Waals surface area contributed by atoms with Gasteiger partial charge in [0.2, 0.25) is 0 Å². The van der Waals surface area contributed by atoms with Crippen LogP contribution >= 0.6 is 11.6 Å². The average molecular weight is 291 g/mol. The fourth-order valence-electron chi connectivity index (χ4n) is 1.94. The van der Waals surface area contributed by atoms with Gasteiger partial charge in [-0.1, -0.05) is 29.8 Å². The molecule has 0 heterocycles. The molecule has 0 unspecified atom stereocenters. The summed E-state index contributed by atoms with van der Waals surface area (Å²) in [5.41, 5.74) is 7.41. The number of carbonyl (C=O) groups is 1. The highest BCUT2D eigenvalue weighted by atomic mass is 35.5. The number of benzene rings is 2. The number of nitrogens with two attached hydrogens (primary N) is 1. The summed E-state index contributed by atoms with van der Waals surface area (Å²) in [6.45, 7) is 0.0141. The monoisotopic (exact) mass is 290 g/mol. The van der Waals surface area contributed by atoms with Crippen molar-refractivity contribution in [2.24, 2.45) is 0 Å². The summed E-state index contributed by atoms with van der Waals surface area (Å²) in [5, 5.41) is 9.67. The van der Waals surface area contributed by atoms with Crippen molar-refractivity contribution >= 4 is 28.9 Å². The highest BCUT2D eigenvalue weighted by Gasteiger charge is 2.19. The Morgan fingerprint density at radius 3 is 2.60 bits per heavy atom. The number of rotatable bonds is 4. The van der Waals surface area contributed by atoms with Crippen LogP contribution in [0.25, 0.3) is 0 Å². The van der Waals surface area contributed by atoms with Crippen LogP contribution in [0, 0.1) is 0 Å². The minimum Gasteiger partial charge on any atom is -0.397 e. The van der Waals surface area contributed by atoms with Crippen molar-refractivity contribution in [1.82, 2.24) is 0 Å². The predicted molar refractivity (Wildman–Crippen MR) is 81.1 cm³/mol. The molecule has 0 aromatic heterocycles. The number of nitrogen functional groups attached to an aromatic ring is 1. The molecular weight excluding hydrogens is 276 g/mol. The fourth-order valence-corrected chi connectivity index (χ4v) is 2.13. The van der Waals surface area contributed by atoms with Crippen LogP contribution < -0.4 is 10.6 Å². The molecule has 0 bridgehead atoms. The lowest BCUT2D eigenvalue weighted by Crippen LogP contribution is -2.34. The van der Waals surface area contributed by atoms with Gasteiger partial charge in [-0.05, 0) is 30.3 Å². The van der Waals surface area contributed by atoms with E-state index in [-0.39, 0.29) is 19.1 Å². The van der Waals surface area contributed by atoms with E-state index in [0.29, 0.717) is 22.0 Å². The zero-order valence-corrected chi connectivity index (χ0v) is 11.5. The third-order valence-corrected chi connectivity index (χ3v) is 3.10. The minimum absolute atomic E-state index is 0.152. The Labute approximate surface area is 122 Å². The molecular formula is C15H15ClN2O2. The van der Waals surface area contributed by atoms with Gasteiger partial charge in [0.1, 0.15) is 0 Å². The third kappa shape index (κ3) is 3.10. The highest BCUT2D eigenvalue weighted by molar-refractivity contribution is 6.31. The number of halogens is 1. The molecule has 0 saturated carbocycles. The number of para-hydroxylation sites is 2. The van der Waals surface area contributed by atoms with Crippen molar-refractivity contribution < 1.29 is 9.90 Å². The number of carbonyl (C=O) groups excluding carboxylic acids is 1. The molecule has 5 heteroatoms. The van der Waals surface area contributed by atoms with Crippen molar-refractivity contribution in [3.8, 4) is 0 Å². The number of aliphatic hydroxyl groups excluding tert-OH is 1. The highest BCUT2D eigenvalue weighted by Crippen LogP contribution is 2.24. The predicted octanol–water partition coefficient (Wildman–Crippen LogP) is 2.56. The molecule has 0 saturated heterocycles. The van der Waals surface area contributed by atoms with E-state index in [2.05, 4.69) is 0 Å². The van der Waals surface area contributed by atoms with Crippen LogP contribution in [0.15, 0.2) is 48.5 Å². The van der Waals surface area contributed by atoms with Crippen LogP contribution in [0.2, 0.25) is 5.02 Å². The summed E-state index contributed by atoms with van der Waals surface area (Å²) in [4.78, 5) is 14.0. The second-order valence-electron chi connectivity index (χ2n) is 4.25. The molecule has 1 amide bonds. The summed E-state index contributed by atoms with van der Waals surface area (Å²) < 4.78 is 0. The molecule has 104 valence electrons. The third-order valence-electron chi connectivity index (χ3n) is 2.87. The van der Waals surface area contributed by atoms with Gasteiger partial charge in [-0.3, -0.25) is 4.79 Å². The largest absolute Gasteiger partial charge is 0.397 e. The van der Waals surface area contributed by atoms with E-state index >= 15 is 0 Å². The quantitative estimate of drug-likeness (QED) is 0.851. The van der Waals surface area contributed by atoms with Crippen molar-refractivity contribution in [2.45, 2.75) is 0 Å². The number of hydrogen-bond acceptors (Lipinski definition) is 3. The van der Waals surface area contributed by atoms with E-state index in [1.807, 2.05) is 0 Å². The van der Waals surface area contributed by atoms with E-state index in [1.165, 1.54) is 4.90 Å². The van der Waals surface area contributed by atoms with E-state index in [4.69, 9.17) is 17.3 Å². The summed E-state index contributed by atoms with van der Waals surface area (Å²) in [6, 6.07) is 13.7. The SMILES string of the molecule is Nc1ccccc1N(CCO)C(=O)c1cccc(Cl)c1. The first-order chi connectivity index (χ1) is 9.63. The lowest BCUT2D eigenvalue weighted by atomic mass is 10.1. The summed E-state index contributed by atoms with van der Waals surface area (Å²) >= 11 is 5.90. The Hall–Kier alpha value is -2.04. The number of nitrogens with zero attached hydrogens (tertiary/aromatic N) is 1. The first-order valence-corrected chi connectivity index (χ1v) is 6.54. The molecule has 0 radical (unpaired) electrons. The van der Waals surface area contributed by atoms with Crippen molar-refractivity contribution in [2.75, 3.05) is 23.8 Å². The minimum atomic E-state index is -0.251. The Morgan fingerprint density at radius 2 is 1.95 bits per heavy atom. The Bertz CT molecular complexity index is 616. The second-order valence-corrected chi connectivity index (χ2v) is 4.69. The second kappa shape index (κ2) is 6.41. The van der Waals surface area contributed by atoms with Crippen LogP contribution in [-0.4, -0.2) is 24.2 Å². The maximum Gasteiger partial charge on any atom is 0.258 e. The topological polar surface area (TPSA) is 66.6 Å². The van der Waals surface area contributed by atoms with Gasteiger partial charge in [0.05, 0.1) is 18.0 Å². The van der Waals surface area contributed by atoms with Crippen LogP contribution in [0.1, 0.15) is 10.4 Å². The Balaban J connectivity index is 2.39. The maximum atomic E-state index is 12.5. The van der Waals surface area contributed by atoms with Crippen molar-refractivity contribution in [1.29, 1.82) is 0 Å². The fraction of sp³-hybridized carbons (Fsp3) is 0.133. The average Bonchev–Trinajstić information content (AvgIpc) is 2.45. The molecule has 0 aliphatic rings. The van der Waals surface area contributed by atoms with Crippen molar-refractivity contribution in [3.05, 3.63) is 59.1 Å². The van der Waals surface area contributed by atoms with Gasteiger partial charge in [0.15, 0.2) is 0 Å². The molecule has 0 aliphatic heterocycles. The zero-order chi connectivity index (χ0) is 14.5. The summed E-state index contributed by atoms with van der Waals surface area (Å²) in [7, 11) is 0. The van der Waals surface area contributed by atoms with Crippen LogP contribution in [0.5, 0.6) is 0 Å². The molecule has 0 aliphatic carbocycles. The van der Waals surface area contributed by atoms with Crippen LogP contribution in [0.3, 0.4) is 0 Å². The number of anilines is 2. The molecule has 4 nitrogen and oxygen atoms in total. The molecule has 0 spiro atoms. The smallest absolute Gasteiger partial charge is 0.258 e. The standard InChI is InChI=1S/C15H15ClN2O2/c16-12-5-3-4-11(10-12)15(20)18(8-9-19)14-7-2-1-6-13(14)17/h1-7,10,19H,8-9,17H2. The molecule has 2 rings (SSSR count). The lowest BCUT2D eigenvalue weighted by molar-refractivity contribution is 0.0981. The van der Waals surface area contributed by atoms with E-state index in [9.17, 15) is 9.90 Å². The Kier molecular flexibility index (Phi) is 4.61. The Morgan fingerprint density at radius 1 is 1.20 bits per heavy atom. The van der Waals surface area contributed by atoms with Gasteiger partial charge >= 0.3 is 0 Å². The number of hydrogen-bond donors (Lipinski definition) is 2. The molecule has 2 aromatic rings. The number of amides is 1. The first-order valence-electron chi connectivity index (χ1n) is 6.16. The van der Waals surface area contributed by atoms with Gasteiger partial charge in [0.25, 0.3) is 5.91 Å². The molecule has 20 heavy (non-hydrogen) atoms. The number of aliphatic hydroxyl groups is 1. The van der Waals surface area contributed by atoms with E-state index in [0.717, 1.165) is 0 Å². The summed E-state index contributed by atoms with van der Waals surface area (Å²) in [6.07, 6.45) is 0. The molecule has 0 atom stereocenters. The van der Waals surface area contributed by atoms with Crippen LogP contribution in [0.4, 0.5) is 11.4 Å². The van der Waals surface area contributed by atoms with Gasteiger partial charge < -0.3 is 15.7 Å². The summed E-state index contributed by atoms with van der Waals surface area (Å²) in [5.74, 6) is -0.251. The molecule has 2 aromatic carbocycles. The zero-order valence-electron chi connectivity index (χ0n) is 10.8. The van der Waals surface area contributed by atoms with E-state index < -0.39 is 0 Å². The normalized spacial score (nSPS) is 10.3. The van der Waals surface area contributed by atoms with Gasteiger partial charge in [0, 0.05) is 17.1 Å². The van der Waals surface area contributed by atoms with Gasteiger partial charge in [-0.2, -0.15) is 0 Å². The van der Waals surface area contributed by atoms with Crippen molar-refractivity contribution in [3.63, 3.8) is 0 Å². The molecule has 3 N–H and O–H groups in total.